The van der Waals surface area contributed by atoms with E-state index in [4.69, 9.17) is 27.9 Å². The quantitative estimate of drug-likeness (QED) is 0.855. The highest BCUT2D eigenvalue weighted by Crippen LogP contribution is 2.24. The van der Waals surface area contributed by atoms with Gasteiger partial charge in [0, 0.05) is 22.7 Å². The molecule has 1 aliphatic rings. The van der Waals surface area contributed by atoms with E-state index in [-0.39, 0.29) is 0 Å². The number of rotatable bonds is 6. The Kier molecular flexibility index (Phi) is 5.96. The van der Waals surface area contributed by atoms with Crippen LogP contribution in [0.2, 0.25) is 10.0 Å². The van der Waals surface area contributed by atoms with Gasteiger partial charge in [-0.3, -0.25) is 0 Å². The molecule has 0 aliphatic carbocycles. The van der Waals surface area contributed by atoms with Crippen LogP contribution in [0.5, 0.6) is 0 Å². The second-order valence-corrected chi connectivity index (χ2v) is 5.98. The number of likely N-dealkylation sites (N-methyl/N-ethyl adjacent to an activating group) is 1. The number of nitrogens with one attached hydrogen (secondary N) is 1. The van der Waals surface area contributed by atoms with Gasteiger partial charge in [-0.2, -0.15) is 0 Å². The molecule has 1 aromatic rings. The molecule has 1 heterocycles. The maximum atomic E-state index is 6.21. The maximum Gasteiger partial charge on any atom is 0.0576 e. The molecular weight excluding hydrogens is 281 g/mol. The number of hydrogen-bond donors (Lipinski definition) is 1. The van der Waals surface area contributed by atoms with Gasteiger partial charge in [0.2, 0.25) is 0 Å². The molecule has 0 radical (unpaired) electrons. The molecule has 19 heavy (non-hydrogen) atoms. The van der Waals surface area contributed by atoms with E-state index in [0.29, 0.717) is 12.1 Å². The molecule has 4 heteroatoms. The van der Waals surface area contributed by atoms with Crippen molar-refractivity contribution in [1.82, 2.24) is 5.32 Å². The normalized spacial score (nSPS) is 20.7. The smallest absolute Gasteiger partial charge is 0.0576 e. The van der Waals surface area contributed by atoms with Crippen LogP contribution in [0.25, 0.3) is 0 Å². The van der Waals surface area contributed by atoms with Crippen molar-refractivity contribution in [3.8, 4) is 0 Å². The lowest BCUT2D eigenvalue weighted by Gasteiger charge is -2.19. The van der Waals surface area contributed by atoms with Crippen LogP contribution in [0.1, 0.15) is 31.2 Å². The van der Waals surface area contributed by atoms with Crippen LogP contribution >= 0.6 is 23.2 Å². The predicted octanol–water partition coefficient (Wildman–Crippen LogP) is 4.08. The molecule has 1 fully saturated rings. The van der Waals surface area contributed by atoms with Gasteiger partial charge in [-0.05, 0) is 62.9 Å². The number of hydrogen-bond acceptors (Lipinski definition) is 2. The van der Waals surface area contributed by atoms with Crippen molar-refractivity contribution in [2.75, 3.05) is 13.7 Å². The van der Waals surface area contributed by atoms with Gasteiger partial charge in [0.05, 0.1) is 6.10 Å². The molecule has 0 bridgehead atoms. The highest BCUT2D eigenvalue weighted by atomic mass is 35.5. The van der Waals surface area contributed by atoms with E-state index in [1.807, 2.05) is 25.2 Å². The van der Waals surface area contributed by atoms with Gasteiger partial charge in [0.1, 0.15) is 0 Å². The summed E-state index contributed by atoms with van der Waals surface area (Å²) in [6.07, 6.45) is 5.98. The summed E-state index contributed by atoms with van der Waals surface area (Å²) in [6, 6.07) is 6.07. The molecule has 2 atom stereocenters. The monoisotopic (exact) mass is 301 g/mol. The Labute approximate surface area is 125 Å². The lowest BCUT2D eigenvalue weighted by Crippen LogP contribution is -2.29. The fraction of sp³-hybridized carbons (Fsp3) is 0.600. The van der Waals surface area contributed by atoms with Crippen molar-refractivity contribution in [3.05, 3.63) is 33.8 Å². The lowest BCUT2D eigenvalue weighted by molar-refractivity contribution is 0.0998. The Bertz CT molecular complexity index is 405. The molecule has 0 amide bonds. The molecule has 106 valence electrons. The molecule has 0 aromatic heterocycles. The number of benzene rings is 1. The van der Waals surface area contributed by atoms with Crippen molar-refractivity contribution in [3.63, 3.8) is 0 Å². The Morgan fingerprint density at radius 2 is 2.26 bits per heavy atom. The summed E-state index contributed by atoms with van der Waals surface area (Å²) in [5.74, 6) is 0. The van der Waals surface area contributed by atoms with Crippen molar-refractivity contribution in [2.24, 2.45) is 0 Å². The number of halogens is 2. The van der Waals surface area contributed by atoms with Crippen LogP contribution in [0.3, 0.4) is 0 Å². The molecule has 1 aliphatic heterocycles. The van der Waals surface area contributed by atoms with E-state index in [1.54, 1.807) is 0 Å². The highest BCUT2D eigenvalue weighted by molar-refractivity contribution is 6.33. The Balaban J connectivity index is 1.88. The lowest BCUT2D eigenvalue weighted by atomic mass is 9.99. The maximum absolute atomic E-state index is 6.21. The van der Waals surface area contributed by atoms with Gasteiger partial charge < -0.3 is 10.1 Å². The topological polar surface area (TPSA) is 21.3 Å². The predicted molar refractivity (Wildman–Crippen MR) is 81.2 cm³/mol. The molecule has 0 saturated carbocycles. The van der Waals surface area contributed by atoms with Gasteiger partial charge in [-0.15, -0.1) is 0 Å². The molecule has 1 N–H and O–H groups in total. The summed E-state index contributed by atoms with van der Waals surface area (Å²) in [5.41, 5.74) is 1.11. The summed E-state index contributed by atoms with van der Waals surface area (Å²) >= 11 is 12.2. The van der Waals surface area contributed by atoms with Gasteiger partial charge in [-0.1, -0.05) is 23.2 Å². The summed E-state index contributed by atoms with van der Waals surface area (Å²) in [7, 11) is 2.00. The molecule has 2 rings (SSSR count). The summed E-state index contributed by atoms with van der Waals surface area (Å²) in [5, 5.41) is 4.90. The minimum absolute atomic E-state index is 0.417. The first-order valence-corrected chi connectivity index (χ1v) is 7.67. The molecule has 1 aromatic carbocycles. The van der Waals surface area contributed by atoms with Gasteiger partial charge >= 0.3 is 0 Å². The summed E-state index contributed by atoms with van der Waals surface area (Å²) < 4.78 is 5.67. The molecule has 2 nitrogen and oxygen atoms in total. The second-order valence-electron chi connectivity index (χ2n) is 5.14. The van der Waals surface area contributed by atoms with Crippen molar-refractivity contribution in [1.29, 1.82) is 0 Å². The van der Waals surface area contributed by atoms with E-state index in [9.17, 15) is 0 Å². The fourth-order valence-electron chi connectivity index (χ4n) is 2.57. The van der Waals surface area contributed by atoms with Crippen LogP contribution in [0, 0.1) is 0 Å². The van der Waals surface area contributed by atoms with E-state index in [0.717, 1.165) is 41.5 Å². The third kappa shape index (κ3) is 4.64. The van der Waals surface area contributed by atoms with Crippen LogP contribution in [-0.4, -0.2) is 25.8 Å². The largest absolute Gasteiger partial charge is 0.378 e. The average molecular weight is 302 g/mol. The third-order valence-electron chi connectivity index (χ3n) is 3.74. The first kappa shape index (κ1) is 15.1. The van der Waals surface area contributed by atoms with Gasteiger partial charge in [-0.25, -0.2) is 0 Å². The van der Waals surface area contributed by atoms with Crippen molar-refractivity contribution < 1.29 is 4.74 Å². The fourth-order valence-corrected chi connectivity index (χ4v) is 2.96. The van der Waals surface area contributed by atoms with Crippen LogP contribution in [-0.2, 0) is 11.2 Å². The minimum atomic E-state index is 0.417. The van der Waals surface area contributed by atoms with Crippen LogP contribution < -0.4 is 5.32 Å². The zero-order valence-corrected chi connectivity index (χ0v) is 12.8. The molecule has 0 spiro atoms. The molecule has 1 saturated heterocycles. The molecule has 2 unspecified atom stereocenters. The van der Waals surface area contributed by atoms with Crippen LogP contribution in [0.4, 0.5) is 0 Å². The Morgan fingerprint density at radius 1 is 1.42 bits per heavy atom. The Morgan fingerprint density at radius 3 is 2.95 bits per heavy atom. The van der Waals surface area contributed by atoms with E-state index >= 15 is 0 Å². The van der Waals surface area contributed by atoms with Crippen molar-refractivity contribution in [2.45, 2.75) is 44.2 Å². The van der Waals surface area contributed by atoms with E-state index in [2.05, 4.69) is 5.32 Å². The average Bonchev–Trinajstić information content (AvgIpc) is 2.91. The Hall–Kier alpha value is -0.280. The zero-order chi connectivity index (χ0) is 13.7. The zero-order valence-electron chi connectivity index (χ0n) is 11.3. The van der Waals surface area contributed by atoms with E-state index < -0.39 is 0 Å². The standard InChI is InChI=1S/C15H21Cl2NO/c1-18-13(5-6-14-3-2-8-19-14)10-11-9-12(16)4-7-15(11)17/h4,7,9,13-14,18H,2-3,5-6,8,10H2,1H3. The van der Waals surface area contributed by atoms with Crippen LogP contribution in [0.15, 0.2) is 18.2 Å². The van der Waals surface area contributed by atoms with E-state index in [1.165, 1.54) is 12.8 Å². The third-order valence-corrected chi connectivity index (χ3v) is 4.35. The van der Waals surface area contributed by atoms with Gasteiger partial charge in [0.25, 0.3) is 0 Å². The first-order chi connectivity index (χ1) is 9.19. The van der Waals surface area contributed by atoms with Crippen molar-refractivity contribution >= 4 is 23.2 Å². The first-order valence-electron chi connectivity index (χ1n) is 6.92. The highest BCUT2D eigenvalue weighted by Gasteiger charge is 2.18. The second kappa shape index (κ2) is 7.49. The summed E-state index contributed by atoms with van der Waals surface area (Å²) in [4.78, 5) is 0. The number of ether oxygens (including phenoxy) is 1. The summed E-state index contributed by atoms with van der Waals surface area (Å²) in [6.45, 7) is 0.926. The minimum Gasteiger partial charge on any atom is -0.378 e. The molecular formula is C15H21Cl2NO. The SMILES string of the molecule is CNC(CCC1CCCO1)Cc1cc(Cl)ccc1Cl. The van der Waals surface area contributed by atoms with Gasteiger partial charge in [0.15, 0.2) is 0 Å².